The largest absolute Gasteiger partial charge is 0.495 e. The van der Waals surface area contributed by atoms with Crippen LogP contribution in [0.25, 0.3) is 0 Å². The fourth-order valence-electron chi connectivity index (χ4n) is 3.60. The summed E-state index contributed by atoms with van der Waals surface area (Å²) in [5, 5.41) is 5.98. The van der Waals surface area contributed by atoms with Crippen molar-refractivity contribution in [1.82, 2.24) is 10.2 Å². The first kappa shape index (κ1) is 20.7. The molecule has 3 rings (SSSR count). The highest BCUT2D eigenvalue weighted by Gasteiger charge is 2.24. The predicted octanol–water partition coefficient (Wildman–Crippen LogP) is 3.99. The van der Waals surface area contributed by atoms with Gasteiger partial charge in [-0.15, -0.1) is 0 Å². The molecule has 1 aliphatic rings. The number of methoxy groups -OCH3 is 1. The number of carbonyl (C=O) groups is 2. The molecule has 0 radical (unpaired) electrons. The lowest BCUT2D eigenvalue weighted by molar-refractivity contribution is 0.0938. The van der Waals surface area contributed by atoms with Crippen molar-refractivity contribution in [2.75, 3.05) is 32.1 Å². The molecular formula is C23H29N3O3. The van der Waals surface area contributed by atoms with Gasteiger partial charge in [0, 0.05) is 25.2 Å². The van der Waals surface area contributed by atoms with Crippen LogP contribution in [0.3, 0.4) is 0 Å². The molecule has 154 valence electrons. The van der Waals surface area contributed by atoms with Crippen molar-refractivity contribution in [1.29, 1.82) is 0 Å². The first-order valence-electron chi connectivity index (χ1n) is 10.0. The van der Waals surface area contributed by atoms with Gasteiger partial charge in [0.1, 0.15) is 5.75 Å². The minimum absolute atomic E-state index is 0.0254. The molecule has 2 aromatic rings. The molecular weight excluding hydrogens is 366 g/mol. The van der Waals surface area contributed by atoms with Crippen LogP contribution in [-0.4, -0.2) is 43.6 Å². The molecule has 6 nitrogen and oxygen atoms in total. The van der Waals surface area contributed by atoms with Crippen LogP contribution < -0.4 is 15.4 Å². The van der Waals surface area contributed by atoms with Gasteiger partial charge in [-0.05, 0) is 56.4 Å². The number of hydrogen-bond acceptors (Lipinski definition) is 3. The van der Waals surface area contributed by atoms with Gasteiger partial charge in [0.05, 0.1) is 12.8 Å². The number of para-hydroxylation sites is 2. The average Bonchev–Trinajstić information content (AvgIpc) is 2.74. The highest BCUT2D eigenvalue weighted by molar-refractivity contribution is 5.95. The zero-order valence-electron chi connectivity index (χ0n) is 17.3. The second kappa shape index (κ2) is 9.45. The van der Waals surface area contributed by atoms with Gasteiger partial charge in [-0.1, -0.05) is 29.8 Å². The van der Waals surface area contributed by atoms with E-state index in [0.29, 0.717) is 37.0 Å². The third-order valence-corrected chi connectivity index (χ3v) is 5.44. The number of anilines is 1. The van der Waals surface area contributed by atoms with Crippen LogP contribution in [-0.2, 0) is 0 Å². The molecule has 2 aromatic carbocycles. The number of amides is 3. The second-order valence-electron chi connectivity index (χ2n) is 7.59. The molecule has 1 saturated heterocycles. The van der Waals surface area contributed by atoms with Crippen LogP contribution in [0.5, 0.6) is 5.75 Å². The number of urea groups is 1. The van der Waals surface area contributed by atoms with Gasteiger partial charge in [0.25, 0.3) is 5.91 Å². The Kier molecular flexibility index (Phi) is 6.75. The fourth-order valence-corrected chi connectivity index (χ4v) is 3.60. The Labute approximate surface area is 172 Å². The van der Waals surface area contributed by atoms with Gasteiger partial charge in [0.2, 0.25) is 0 Å². The Morgan fingerprint density at radius 1 is 1.10 bits per heavy atom. The van der Waals surface area contributed by atoms with Crippen molar-refractivity contribution in [3.8, 4) is 5.75 Å². The summed E-state index contributed by atoms with van der Waals surface area (Å²) in [7, 11) is 1.59. The van der Waals surface area contributed by atoms with Crippen molar-refractivity contribution in [3.63, 3.8) is 0 Å². The quantitative estimate of drug-likeness (QED) is 0.804. The molecule has 0 unspecified atom stereocenters. The van der Waals surface area contributed by atoms with E-state index < -0.39 is 0 Å². The Morgan fingerprint density at radius 3 is 2.55 bits per heavy atom. The molecule has 6 heteroatoms. The summed E-state index contributed by atoms with van der Waals surface area (Å²) in [6.07, 6.45) is 1.73. The first-order valence-corrected chi connectivity index (χ1v) is 10.0. The van der Waals surface area contributed by atoms with Crippen molar-refractivity contribution in [2.24, 2.45) is 5.92 Å². The zero-order valence-corrected chi connectivity index (χ0v) is 17.3. The third-order valence-electron chi connectivity index (χ3n) is 5.44. The van der Waals surface area contributed by atoms with Crippen molar-refractivity contribution < 1.29 is 14.3 Å². The number of hydrogen-bond donors (Lipinski definition) is 2. The maximum absolute atomic E-state index is 12.6. The number of benzene rings is 2. The van der Waals surface area contributed by atoms with Gasteiger partial charge in [-0.2, -0.15) is 0 Å². The Morgan fingerprint density at radius 2 is 1.83 bits per heavy atom. The molecule has 0 aromatic heterocycles. The highest BCUT2D eigenvalue weighted by Crippen LogP contribution is 2.24. The number of likely N-dealkylation sites (tertiary alicyclic amines) is 1. The van der Waals surface area contributed by atoms with E-state index >= 15 is 0 Å². The van der Waals surface area contributed by atoms with E-state index in [1.807, 2.05) is 61.2 Å². The van der Waals surface area contributed by atoms with Crippen molar-refractivity contribution in [2.45, 2.75) is 26.7 Å². The maximum Gasteiger partial charge on any atom is 0.321 e. The standard InChI is InChI=1S/C23H29N3O3/c1-16-8-9-17(2)19(14-16)22(27)24-15-18-10-12-26(13-11-18)23(28)25-20-6-4-5-7-21(20)29-3/h4-9,14,18H,10-13,15H2,1-3H3,(H,24,27)(H,25,28). The van der Waals surface area contributed by atoms with Crippen molar-refractivity contribution in [3.05, 3.63) is 59.2 Å². The normalized spacial score (nSPS) is 14.4. The number of carbonyl (C=O) groups excluding carboxylic acids is 2. The van der Waals surface area contributed by atoms with E-state index in [-0.39, 0.29) is 11.9 Å². The summed E-state index contributed by atoms with van der Waals surface area (Å²) in [6, 6.07) is 13.2. The topological polar surface area (TPSA) is 70.7 Å². The number of aryl methyl sites for hydroxylation is 2. The number of ether oxygens (including phenoxy) is 1. The van der Waals surface area contributed by atoms with E-state index in [9.17, 15) is 9.59 Å². The highest BCUT2D eigenvalue weighted by atomic mass is 16.5. The number of nitrogens with zero attached hydrogens (tertiary/aromatic N) is 1. The van der Waals surface area contributed by atoms with Gasteiger partial charge >= 0.3 is 6.03 Å². The van der Waals surface area contributed by atoms with E-state index in [1.165, 1.54) is 0 Å². The third kappa shape index (κ3) is 5.28. The van der Waals surface area contributed by atoms with Crippen LogP contribution in [0.1, 0.15) is 34.3 Å². The van der Waals surface area contributed by atoms with Crippen molar-refractivity contribution >= 4 is 17.6 Å². The SMILES string of the molecule is COc1ccccc1NC(=O)N1CCC(CNC(=O)c2cc(C)ccc2C)CC1. The van der Waals surface area contributed by atoms with Crippen LogP contribution in [0.4, 0.5) is 10.5 Å². The van der Waals surface area contributed by atoms with Gasteiger partial charge in [-0.25, -0.2) is 4.79 Å². The molecule has 0 bridgehead atoms. The summed E-state index contributed by atoms with van der Waals surface area (Å²) >= 11 is 0. The zero-order chi connectivity index (χ0) is 20.8. The summed E-state index contributed by atoms with van der Waals surface area (Å²) < 4.78 is 5.28. The first-order chi connectivity index (χ1) is 14.0. The Balaban J connectivity index is 1.47. The maximum atomic E-state index is 12.6. The Bertz CT molecular complexity index is 873. The lowest BCUT2D eigenvalue weighted by atomic mass is 9.96. The van der Waals surface area contributed by atoms with E-state index in [2.05, 4.69) is 10.6 Å². The van der Waals surface area contributed by atoms with Crippen LogP contribution in [0.2, 0.25) is 0 Å². The van der Waals surface area contributed by atoms with E-state index in [1.54, 1.807) is 7.11 Å². The fraction of sp³-hybridized carbons (Fsp3) is 0.391. The Hall–Kier alpha value is -3.02. The van der Waals surface area contributed by atoms with Gasteiger partial charge < -0.3 is 20.3 Å². The van der Waals surface area contributed by atoms with E-state index in [0.717, 1.165) is 29.5 Å². The summed E-state index contributed by atoms with van der Waals surface area (Å²) in [4.78, 5) is 26.9. The molecule has 29 heavy (non-hydrogen) atoms. The molecule has 3 amide bonds. The second-order valence-corrected chi connectivity index (χ2v) is 7.59. The lowest BCUT2D eigenvalue weighted by Crippen LogP contribution is -2.43. The predicted molar refractivity (Wildman–Crippen MR) is 115 cm³/mol. The van der Waals surface area contributed by atoms with Crippen LogP contribution in [0.15, 0.2) is 42.5 Å². The molecule has 1 fully saturated rings. The minimum atomic E-state index is -0.118. The molecule has 0 spiro atoms. The summed E-state index contributed by atoms with van der Waals surface area (Å²) in [6.45, 7) is 5.92. The smallest absolute Gasteiger partial charge is 0.321 e. The summed E-state index contributed by atoms with van der Waals surface area (Å²) in [5.74, 6) is 0.992. The van der Waals surface area contributed by atoms with Gasteiger partial charge in [0.15, 0.2) is 0 Å². The monoisotopic (exact) mass is 395 g/mol. The number of nitrogens with one attached hydrogen (secondary N) is 2. The van der Waals surface area contributed by atoms with Crippen LogP contribution >= 0.6 is 0 Å². The van der Waals surface area contributed by atoms with Gasteiger partial charge in [-0.3, -0.25) is 4.79 Å². The molecule has 1 aliphatic heterocycles. The number of piperidine rings is 1. The minimum Gasteiger partial charge on any atom is -0.495 e. The molecule has 1 heterocycles. The molecule has 0 aliphatic carbocycles. The molecule has 0 saturated carbocycles. The molecule has 0 atom stereocenters. The number of rotatable bonds is 5. The molecule has 2 N–H and O–H groups in total. The lowest BCUT2D eigenvalue weighted by Gasteiger charge is -2.32. The summed E-state index contributed by atoms with van der Waals surface area (Å²) in [5.41, 5.74) is 3.47. The average molecular weight is 396 g/mol. The van der Waals surface area contributed by atoms with Crippen LogP contribution in [0, 0.1) is 19.8 Å². The van der Waals surface area contributed by atoms with E-state index in [4.69, 9.17) is 4.74 Å².